The molecule has 1 N–H and O–H groups in total. The molecule has 0 saturated heterocycles. The molecule has 6 heteroatoms. The summed E-state index contributed by atoms with van der Waals surface area (Å²) in [5.74, 6) is 1.79. The van der Waals surface area contributed by atoms with Crippen LogP contribution >= 0.6 is 15.9 Å². The molecule has 1 aliphatic rings. The van der Waals surface area contributed by atoms with E-state index in [-0.39, 0.29) is 4.90 Å². The lowest BCUT2D eigenvalue weighted by Gasteiger charge is -2.12. The predicted octanol–water partition coefficient (Wildman–Crippen LogP) is 3.17. The Labute approximate surface area is 129 Å². The summed E-state index contributed by atoms with van der Waals surface area (Å²) in [5, 5.41) is 0. The molecule has 1 aromatic rings. The second-order valence-electron chi connectivity index (χ2n) is 5.43. The van der Waals surface area contributed by atoms with Gasteiger partial charge in [-0.2, -0.15) is 0 Å². The molecule has 1 aromatic carbocycles. The number of sulfonamides is 1. The first kappa shape index (κ1) is 15.8. The lowest BCUT2D eigenvalue weighted by molar-refractivity contribution is 0.411. The number of rotatable bonds is 5. The van der Waals surface area contributed by atoms with Gasteiger partial charge >= 0.3 is 0 Å². The summed E-state index contributed by atoms with van der Waals surface area (Å²) < 4.78 is 33.0. The van der Waals surface area contributed by atoms with Crippen LogP contribution in [0.3, 0.4) is 0 Å². The normalized spacial score (nSPS) is 22.9. The third-order valence-electron chi connectivity index (χ3n) is 3.80. The van der Waals surface area contributed by atoms with Crippen molar-refractivity contribution in [3.8, 4) is 5.75 Å². The molecule has 2 rings (SSSR count). The van der Waals surface area contributed by atoms with Crippen molar-refractivity contribution in [2.24, 2.45) is 11.8 Å². The van der Waals surface area contributed by atoms with Gasteiger partial charge in [-0.3, -0.25) is 0 Å². The van der Waals surface area contributed by atoms with Crippen LogP contribution in [-0.4, -0.2) is 22.1 Å². The zero-order valence-corrected chi connectivity index (χ0v) is 14.1. The molecule has 2 unspecified atom stereocenters. The molecule has 0 aliphatic heterocycles. The van der Waals surface area contributed by atoms with Gasteiger partial charge < -0.3 is 4.74 Å². The van der Waals surface area contributed by atoms with E-state index in [0.29, 0.717) is 28.6 Å². The highest BCUT2D eigenvalue weighted by atomic mass is 79.9. The highest BCUT2D eigenvalue weighted by Crippen LogP contribution is 2.30. The van der Waals surface area contributed by atoms with Crippen LogP contribution < -0.4 is 9.46 Å². The first-order chi connectivity index (χ1) is 9.42. The van der Waals surface area contributed by atoms with E-state index in [9.17, 15) is 8.42 Å². The van der Waals surface area contributed by atoms with Crippen molar-refractivity contribution in [1.82, 2.24) is 4.72 Å². The molecule has 0 radical (unpaired) electrons. The number of nitrogens with one attached hydrogen (secondary N) is 1. The minimum Gasteiger partial charge on any atom is -0.496 e. The van der Waals surface area contributed by atoms with Gasteiger partial charge in [0.05, 0.1) is 16.5 Å². The monoisotopic (exact) mass is 361 g/mol. The molecule has 2 atom stereocenters. The maximum absolute atomic E-state index is 12.2. The molecule has 4 nitrogen and oxygen atoms in total. The minimum absolute atomic E-state index is 0.260. The number of benzene rings is 1. The van der Waals surface area contributed by atoms with Crippen LogP contribution in [0.15, 0.2) is 27.6 Å². The number of ether oxygens (including phenoxy) is 1. The molecule has 1 fully saturated rings. The van der Waals surface area contributed by atoms with E-state index in [0.717, 1.165) is 12.8 Å². The second kappa shape index (κ2) is 6.45. The van der Waals surface area contributed by atoms with Crippen LogP contribution in [0.25, 0.3) is 0 Å². The Kier molecular flexibility index (Phi) is 5.09. The Morgan fingerprint density at radius 1 is 1.40 bits per heavy atom. The number of hydrogen-bond donors (Lipinski definition) is 1. The maximum Gasteiger partial charge on any atom is 0.240 e. The first-order valence-electron chi connectivity index (χ1n) is 6.75. The van der Waals surface area contributed by atoms with Crippen molar-refractivity contribution in [2.75, 3.05) is 13.7 Å². The van der Waals surface area contributed by atoms with Crippen LogP contribution in [0.2, 0.25) is 0 Å². The Hall–Kier alpha value is -0.590. The average Bonchev–Trinajstić information content (AvgIpc) is 2.82. The van der Waals surface area contributed by atoms with Crippen molar-refractivity contribution in [2.45, 2.75) is 31.1 Å². The van der Waals surface area contributed by atoms with Crippen LogP contribution in [0.1, 0.15) is 26.2 Å². The number of hydrogen-bond acceptors (Lipinski definition) is 3. The summed E-state index contributed by atoms with van der Waals surface area (Å²) >= 11 is 3.31. The molecule has 1 saturated carbocycles. The first-order valence-corrected chi connectivity index (χ1v) is 9.03. The summed E-state index contributed by atoms with van der Waals surface area (Å²) in [5.41, 5.74) is 0. The Bertz CT molecular complexity index is 574. The number of halogens is 1. The van der Waals surface area contributed by atoms with Gasteiger partial charge in [-0.1, -0.05) is 13.3 Å². The van der Waals surface area contributed by atoms with Crippen LogP contribution in [0.5, 0.6) is 5.75 Å². The maximum atomic E-state index is 12.2. The standard InChI is InChI=1S/C14H20BrNO3S/c1-10-3-4-11(7-10)9-16-20(17,18)12-5-6-14(19-2)13(15)8-12/h5-6,8,10-11,16H,3-4,7,9H2,1-2H3. The van der Waals surface area contributed by atoms with Crippen LogP contribution in [-0.2, 0) is 10.0 Å². The smallest absolute Gasteiger partial charge is 0.240 e. The van der Waals surface area contributed by atoms with Gasteiger partial charge in [-0.25, -0.2) is 13.1 Å². The Balaban J connectivity index is 2.04. The minimum atomic E-state index is -3.45. The van der Waals surface area contributed by atoms with E-state index in [2.05, 4.69) is 27.6 Å². The zero-order chi connectivity index (χ0) is 14.8. The predicted molar refractivity (Wildman–Crippen MR) is 82.4 cm³/mol. The van der Waals surface area contributed by atoms with E-state index in [1.165, 1.54) is 6.42 Å². The van der Waals surface area contributed by atoms with E-state index in [1.54, 1.807) is 25.3 Å². The summed E-state index contributed by atoms with van der Waals surface area (Å²) in [4.78, 5) is 0.260. The van der Waals surface area contributed by atoms with Gasteiger partial charge in [0.1, 0.15) is 5.75 Å². The van der Waals surface area contributed by atoms with E-state index >= 15 is 0 Å². The van der Waals surface area contributed by atoms with Crippen LogP contribution in [0.4, 0.5) is 0 Å². The third kappa shape index (κ3) is 3.74. The molecule has 20 heavy (non-hydrogen) atoms. The summed E-state index contributed by atoms with van der Waals surface area (Å²) in [7, 11) is -1.90. The van der Waals surface area contributed by atoms with Gasteiger partial charge in [0, 0.05) is 6.54 Å². The Morgan fingerprint density at radius 3 is 2.70 bits per heavy atom. The van der Waals surface area contributed by atoms with Gasteiger partial charge in [0.15, 0.2) is 0 Å². The lowest BCUT2D eigenvalue weighted by atomic mass is 10.1. The molecule has 112 valence electrons. The molecule has 0 heterocycles. The van der Waals surface area contributed by atoms with Crippen molar-refractivity contribution < 1.29 is 13.2 Å². The van der Waals surface area contributed by atoms with Gasteiger partial charge in [-0.15, -0.1) is 0 Å². The van der Waals surface area contributed by atoms with Gasteiger partial charge in [0.25, 0.3) is 0 Å². The van der Waals surface area contributed by atoms with Crippen molar-refractivity contribution in [3.05, 3.63) is 22.7 Å². The molecular weight excluding hydrogens is 342 g/mol. The topological polar surface area (TPSA) is 55.4 Å². The quantitative estimate of drug-likeness (QED) is 0.875. The third-order valence-corrected chi connectivity index (χ3v) is 5.84. The van der Waals surface area contributed by atoms with Gasteiger partial charge in [-0.05, 0) is 58.8 Å². The van der Waals surface area contributed by atoms with Gasteiger partial charge in [0.2, 0.25) is 10.0 Å². The van der Waals surface area contributed by atoms with E-state index < -0.39 is 10.0 Å². The largest absolute Gasteiger partial charge is 0.496 e. The van der Waals surface area contributed by atoms with E-state index in [1.807, 2.05) is 0 Å². The summed E-state index contributed by atoms with van der Waals surface area (Å²) in [6, 6.07) is 4.78. The molecular formula is C14H20BrNO3S. The lowest BCUT2D eigenvalue weighted by Crippen LogP contribution is -2.28. The molecule has 0 amide bonds. The average molecular weight is 362 g/mol. The summed E-state index contributed by atoms with van der Waals surface area (Å²) in [6.07, 6.45) is 3.41. The summed E-state index contributed by atoms with van der Waals surface area (Å²) in [6.45, 7) is 2.74. The highest BCUT2D eigenvalue weighted by molar-refractivity contribution is 9.10. The van der Waals surface area contributed by atoms with E-state index in [4.69, 9.17) is 4.74 Å². The molecule has 0 aromatic heterocycles. The van der Waals surface area contributed by atoms with Crippen molar-refractivity contribution >= 4 is 26.0 Å². The SMILES string of the molecule is COc1ccc(S(=O)(=O)NCC2CCC(C)C2)cc1Br. The van der Waals surface area contributed by atoms with Crippen molar-refractivity contribution in [1.29, 1.82) is 0 Å². The molecule has 0 bridgehead atoms. The zero-order valence-electron chi connectivity index (χ0n) is 11.7. The van der Waals surface area contributed by atoms with Crippen molar-refractivity contribution in [3.63, 3.8) is 0 Å². The van der Waals surface area contributed by atoms with Crippen LogP contribution in [0, 0.1) is 11.8 Å². The number of methoxy groups -OCH3 is 1. The highest BCUT2D eigenvalue weighted by Gasteiger charge is 2.23. The fourth-order valence-corrected chi connectivity index (χ4v) is 4.47. The fraction of sp³-hybridized carbons (Fsp3) is 0.571. The Morgan fingerprint density at radius 2 is 2.15 bits per heavy atom. The fourth-order valence-electron chi connectivity index (χ4n) is 2.64. The second-order valence-corrected chi connectivity index (χ2v) is 8.05. The molecule has 0 spiro atoms. The molecule has 1 aliphatic carbocycles.